The maximum absolute atomic E-state index is 12.1. The summed E-state index contributed by atoms with van der Waals surface area (Å²) in [6.07, 6.45) is 2.21. The maximum atomic E-state index is 12.1. The molecular weight excluding hydrogens is 228 g/mol. The summed E-state index contributed by atoms with van der Waals surface area (Å²) in [5.74, 6) is 0.533. The van der Waals surface area contributed by atoms with Crippen molar-refractivity contribution in [2.45, 2.75) is 19.4 Å². The van der Waals surface area contributed by atoms with Crippen LogP contribution in [0.15, 0.2) is 24.3 Å². The van der Waals surface area contributed by atoms with Crippen molar-refractivity contribution in [1.29, 1.82) is 0 Å². The van der Waals surface area contributed by atoms with Gasteiger partial charge >= 0.3 is 0 Å². The van der Waals surface area contributed by atoms with Gasteiger partial charge in [0.2, 0.25) is 11.9 Å². The number of hydrogen-bond acceptors (Lipinski definition) is 3. The van der Waals surface area contributed by atoms with E-state index in [2.05, 4.69) is 4.98 Å². The summed E-state index contributed by atoms with van der Waals surface area (Å²) in [6, 6.07) is 7.69. The van der Waals surface area contributed by atoms with Gasteiger partial charge in [-0.05, 0) is 25.0 Å². The fourth-order valence-electron chi connectivity index (χ4n) is 2.46. The summed E-state index contributed by atoms with van der Waals surface area (Å²) >= 11 is 0. The molecule has 5 nitrogen and oxygen atoms in total. The number of rotatable bonds is 2. The van der Waals surface area contributed by atoms with E-state index in [4.69, 9.17) is 5.73 Å². The molecule has 1 aromatic heterocycles. The van der Waals surface area contributed by atoms with E-state index < -0.39 is 0 Å². The highest BCUT2D eigenvalue weighted by Crippen LogP contribution is 2.18. The standard InChI is InChI=1S/C13H16N4O/c14-13-15-10-5-1-2-6-11(10)17(13)9-12(18)16-7-3-4-8-16/h1-2,5-6H,3-4,7-9H2,(H2,14,15). The number of nitrogens with zero attached hydrogens (tertiary/aromatic N) is 3. The van der Waals surface area contributed by atoms with Crippen molar-refractivity contribution >= 4 is 22.9 Å². The Morgan fingerprint density at radius 2 is 2.00 bits per heavy atom. The number of para-hydroxylation sites is 2. The number of hydrogen-bond donors (Lipinski definition) is 1. The number of benzene rings is 1. The SMILES string of the molecule is Nc1nc2ccccc2n1CC(=O)N1CCCC1. The monoisotopic (exact) mass is 244 g/mol. The first kappa shape index (κ1) is 11.1. The Bertz CT molecular complexity index is 584. The number of nitrogens with two attached hydrogens (primary N) is 1. The van der Waals surface area contributed by atoms with Crippen LogP contribution in [0.3, 0.4) is 0 Å². The lowest BCUT2D eigenvalue weighted by Gasteiger charge is -2.16. The summed E-state index contributed by atoms with van der Waals surface area (Å²) in [5, 5.41) is 0. The number of aromatic nitrogens is 2. The Hall–Kier alpha value is -2.04. The summed E-state index contributed by atoms with van der Waals surface area (Å²) in [7, 11) is 0. The zero-order valence-electron chi connectivity index (χ0n) is 10.2. The first-order valence-electron chi connectivity index (χ1n) is 6.24. The van der Waals surface area contributed by atoms with Crippen LogP contribution in [0.4, 0.5) is 5.95 Å². The highest BCUT2D eigenvalue weighted by Gasteiger charge is 2.19. The average molecular weight is 244 g/mol. The van der Waals surface area contributed by atoms with Crippen molar-refractivity contribution in [3.63, 3.8) is 0 Å². The molecule has 0 radical (unpaired) electrons. The summed E-state index contributed by atoms with van der Waals surface area (Å²) in [4.78, 5) is 18.3. The van der Waals surface area contributed by atoms with E-state index >= 15 is 0 Å². The average Bonchev–Trinajstić information content (AvgIpc) is 2.98. The highest BCUT2D eigenvalue weighted by atomic mass is 16.2. The summed E-state index contributed by atoms with van der Waals surface area (Å²) < 4.78 is 1.79. The highest BCUT2D eigenvalue weighted by molar-refractivity contribution is 5.82. The molecule has 2 heterocycles. The Labute approximate surface area is 105 Å². The molecule has 0 saturated carbocycles. The molecule has 0 spiro atoms. The summed E-state index contributed by atoms with van der Waals surface area (Å²) in [5.41, 5.74) is 7.64. The van der Waals surface area contributed by atoms with E-state index in [1.807, 2.05) is 29.2 Å². The van der Waals surface area contributed by atoms with Crippen molar-refractivity contribution < 1.29 is 4.79 Å². The Kier molecular flexibility index (Phi) is 2.66. The van der Waals surface area contributed by atoms with Crippen molar-refractivity contribution in [2.24, 2.45) is 0 Å². The minimum atomic E-state index is 0.127. The second-order valence-corrected chi connectivity index (χ2v) is 4.63. The molecule has 1 aliphatic rings. The minimum Gasteiger partial charge on any atom is -0.369 e. The van der Waals surface area contributed by atoms with Gasteiger partial charge in [-0.15, -0.1) is 0 Å². The van der Waals surface area contributed by atoms with Crippen LogP contribution in [0.1, 0.15) is 12.8 Å². The van der Waals surface area contributed by atoms with E-state index in [9.17, 15) is 4.79 Å². The molecule has 18 heavy (non-hydrogen) atoms. The molecular formula is C13H16N4O. The molecule has 2 N–H and O–H groups in total. The van der Waals surface area contributed by atoms with Gasteiger partial charge in [0.15, 0.2) is 0 Å². The van der Waals surface area contributed by atoms with Crippen molar-refractivity contribution in [3.05, 3.63) is 24.3 Å². The molecule has 1 aromatic carbocycles. The van der Waals surface area contributed by atoms with E-state index in [-0.39, 0.29) is 12.5 Å². The Morgan fingerprint density at radius 1 is 1.28 bits per heavy atom. The van der Waals surface area contributed by atoms with Crippen molar-refractivity contribution in [1.82, 2.24) is 14.5 Å². The van der Waals surface area contributed by atoms with E-state index in [1.54, 1.807) is 4.57 Å². The van der Waals surface area contributed by atoms with Crippen LogP contribution in [0, 0.1) is 0 Å². The van der Waals surface area contributed by atoms with Crippen LogP contribution in [-0.2, 0) is 11.3 Å². The predicted octanol–water partition coefficient (Wildman–Crippen LogP) is 1.24. The third kappa shape index (κ3) is 1.81. The van der Waals surface area contributed by atoms with Gasteiger partial charge in [-0.1, -0.05) is 12.1 Å². The smallest absolute Gasteiger partial charge is 0.242 e. The van der Waals surface area contributed by atoms with Gasteiger partial charge in [0.1, 0.15) is 6.54 Å². The Balaban J connectivity index is 1.89. The number of anilines is 1. The first-order valence-corrected chi connectivity index (χ1v) is 6.24. The number of amides is 1. The molecule has 1 amide bonds. The first-order chi connectivity index (χ1) is 8.75. The number of nitrogen functional groups attached to an aromatic ring is 1. The van der Waals surface area contributed by atoms with Gasteiger partial charge in [-0.2, -0.15) is 0 Å². The Morgan fingerprint density at radius 3 is 2.78 bits per heavy atom. The minimum absolute atomic E-state index is 0.127. The van der Waals surface area contributed by atoms with Gasteiger partial charge in [0.25, 0.3) is 0 Å². The fourth-order valence-corrected chi connectivity index (χ4v) is 2.46. The second-order valence-electron chi connectivity index (χ2n) is 4.63. The number of imidazole rings is 1. The molecule has 0 atom stereocenters. The molecule has 5 heteroatoms. The van der Waals surface area contributed by atoms with Crippen LogP contribution in [0.25, 0.3) is 11.0 Å². The lowest BCUT2D eigenvalue weighted by Crippen LogP contribution is -2.31. The van der Waals surface area contributed by atoms with Crippen molar-refractivity contribution in [2.75, 3.05) is 18.8 Å². The molecule has 1 fully saturated rings. The fraction of sp³-hybridized carbons (Fsp3) is 0.385. The third-order valence-corrected chi connectivity index (χ3v) is 3.44. The van der Waals surface area contributed by atoms with Crippen LogP contribution < -0.4 is 5.73 Å². The molecule has 3 rings (SSSR count). The van der Waals surface area contributed by atoms with Crippen LogP contribution >= 0.6 is 0 Å². The molecule has 1 aliphatic heterocycles. The zero-order valence-corrected chi connectivity index (χ0v) is 10.2. The van der Waals surface area contributed by atoms with Gasteiger partial charge in [-0.25, -0.2) is 4.98 Å². The molecule has 94 valence electrons. The van der Waals surface area contributed by atoms with E-state index in [0.29, 0.717) is 5.95 Å². The lowest BCUT2D eigenvalue weighted by atomic mass is 10.3. The van der Waals surface area contributed by atoms with Gasteiger partial charge < -0.3 is 15.2 Å². The number of likely N-dealkylation sites (tertiary alicyclic amines) is 1. The molecule has 2 aromatic rings. The second kappa shape index (κ2) is 4.33. The van der Waals surface area contributed by atoms with E-state index in [1.165, 1.54) is 0 Å². The lowest BCUT2D eigenvalue weighted by molar-refractivity contribution is -0.130. The number of carbonyl (C=O) groups is 1. The number of carbonyl (C=O) groups excluding carboxylic acids is 1. The molecule has 1 saturated heterocycles. The predicted molar refractivity (Wildman–Crippen MR) is 70.0 cm³/mol. The van der Waals surface area contributed by atoms with Crippen LogP contribution in [-0.4, -0.2) is 33.4 Å². The van der Waals surface area contributed by atoms with Gasteiger partial charge in [0, 0.05) is 13.1 Å². The molecule has 0 unspecified atom stereocenters. The third-order valence-electron chi connectivity index (χ3n) is 3.44. The largest absolute Gasteiger partial charge is 0.369 e. The zero-order chi connectivity index (χ0) is 12.5. The quantitative estimate of drug-likeness (QED) is 0.864. The van der Waals surface area contributed by atoms with Crippen LogP contribution in [0.5, 0.6) is 0 Å². The normalized spacial score (nSPS) is 15.4. The van der Waals surface area contributed by atoms with E-state index in [0.717, 1.165) is 37.0 Å². The molecule has 0 aliphatic carbocycles. The maximum Gasteiger partial charge on any atom is 0.242 e. The number of fused-ring (bicyclic) bond motifs is 1. The van der Waals surface area contributed by atoms with Crippen LogP contribution in [0.2, 0.25) is 0 Å². The van der Waals surface area contributed by atoms with Gasteiger partial charge in [0.05, 0.1) is 11.0 Å². The molecule has 0 bridgehead atoms. The summed E-state index contributed by atoms with van der Waals surface area (Å²) in [6.45, 7) is 2.02. The van der Waals surface area contributed by atoms with Gasteiger partial charge in [-0.3, -0.25) is 4.79 Å². The van der Waals surface area contributed by atoms with Crippen molar-refractivity contribution in [3.8, 4) is 0 Å². The topological polar surface area (TPSA) is 64.1 Å².